The first-order valence-corrected chi connectivity index (χ1v) is 7.78. The Morgan fingerprint density at radius 1 is 1.00 bits per heavy atom. The Hall–Kier alpha value is -1.53. The van der Waals surface area contributed by atoms with Gasteiger partial charge in [0.15, 0.2) is 0 Å². The largest absolute Gasteiger partial charge is 0.497 e. The van der Waals surface area contributed by atoms with E-state index in [4.69, 9.17) is 9.47 Å². The molecular weight excluding hydrogens is 400 g/mol. The van der Waals surface area contributed by atoms with Crippen LogP contribution in [0.25, 0.3) is 22.4 Å². The summed E-state index contributed by atoms with van der Waals surface area (Å²) < 4.78 is 12.3. The van der Waals surface area contributed by atoms with Crippen LogP contribution in [0.3, 0.4) is 0 Å². The average Bonchev–Trinajstić information content (AvgIpc) is 2.91. The van der Waals surface area contributed by atoms with Crippen molar-refractivity contribution in [2.75, 3.05) is 14.2 Å². The summed E-state index contributed by atoms with van der Waals surface area (Å²) in [5, 5.41) is 0. The van der Waals surface area contributed by atoms with Crippen molar-refractivity contribution in [3.8, 4) is 22.9 Å². The molecule has 108 valence electrons. The molecule has 0 unspecified atom stereocenters. The molecule has 3 aromatic rings. The van der Waals surface area contributed by atoms with E-state index in [0.29, 0.717) is 0 Å². The number of nitrogens with zero attached hydrogens (tertiary/aromatic N) is 1. The van der Waals surface area contributed by atoms with Crippen LogP contribution in [-0.4, -0.2) is 24.2 Å². The lowest BCUT2D eigenvalue weighted by molar-refractivity contribution is 0.412. The maximum atomic E-state index is 5.27. The standard InChI is InChI=1S/C15H12Br2N2O2/c1-20-9-6-11(17)14-12(7-9)18-15(19-14)8-3-4-13(21-2)10(16)5-8/h3-7H,1-2H3,(H,18,19). The van der Waals surface area contributed by atoms with E-state index in [1.165, 1.54) is 0 Å². The third kappa shape index (κ3) is 2.65. The minimum Gasteiger partial charge on any atom is -0.497 e. The number of imidazole rings is 1. The number of halogens is 2. The molecule has 0 bridgehead atoms. The van der Waals surface area contributed by atoms with Crippen molar-refractivity contribution < 1.29 is 9.47 Å². The second kappa shape index (κ2) is 5.69. The third-order valence-electron chi connectivity index (χ3n) is 3.17. The van der Waals surface area contributed by atoms with Crippen LogP contribution in [0, 0.1) is 0 Å². The molecule has 0 saturated carbocycles. The van der Waals surface area contributed by atoms with Gasteiger partial charge >= 0.3 is 0 Å². The van der Waals surface area contributed by atoms with Gasteiger partial charge in [-0.3, -0.25) is 0 Å². The number of H-pyrrole nitrogens is 1. The van der Waals surface area contributed by atoms with Gasteiger partial charge in [0.25, 0.3) is 0 Å². The van der Waals surface area contributed by atoms with Crippen LogP contribution in [0.5, 0.6) is 11.5 Å². The van der Waals surface area contributed by atoms with Gasteiger partial charge in [-0.1, -0.05) is 0 Å². The van der Waals surface area contributed by atoms with Gasteiger partial charge in [0.1, 0.15) is 22.8 Å². The van der Waals surface area contributed by atoms with Crippen molar-refractivity contribution in [3.63, 3.8) is 0 Å². The van der Waals surface area contributed by atoms with Crippen molar-refractivity contribution in [3.05, 3.63) is 39.3 Å². The van der Waals surface area contributed by atoms with Crippen LogP contribution >= 0.6 is 31.9 Å². The molecule has 0 amide bonds. The van der Waals surface area contributed by atoms with Gasteiger partial charge in [-0.05, 0) is 56.1 Å². The second-order valence-electron chi connectivity index (χ2n) is 4.44. The smallest absolute Gasteiger partial charge is 0.138 e. The predicted octanol–water partition coefficient (Wildman–Crippen LogP) is 4.77. The molecule has 2 aromatic carbocycles. The Kier molecular flexibility index (Phi) is 3.91. The SMILES string of the molecule is COc1cc(Br)c2nc(-c3ccc(OC)c(Br)c3)[nH]c2c1. The zero-order valence-electron chi connectivity index (χ0n) is 11.4. The summed E-state index contributed by atoms with van der Waals surface area (Å²) in [6, 6.07) is 9.67. The lowest BCUT2D eigenvalue weighted by atomic mass is 10.2. The van der Waals surface area contributed by atoms with Gasteiger partial charge in [-0.25, -0.2) is 4.98 Å². The van der Waals surface area contributed by atoms with Crippen LogP contribution in [0.4, 0.5) is 0 Å². The fourth-order valence-electron chi connectivity index (χ4n) is 2.12. The number of aromatic amines is 1. The molecule has 1 aromatic heterocycles. The summed E-state index contributed by atoms with van der Waals surface area (Å²) in [5.41, 5.74) is 2.77. The predicted molar refractivity (Wildman–Crippen MR) is 90.0 cm³/mol. The van der Waals surface area contributed by atoms with Crippen LogP contribution in [0.1, 0.15) is 0 Å². The molecule has 0 aliphatic rings. The lowest BCUT2D eigenvalue weighted by Crippen LogP contribution is -1.86. The minimum absolute atomic E-state index is 0.778. The van der Waals surface area contributed by atoms with Gasteiger partial charge in [-0.2, -0.15) is 0 Å². The molecule has 3 rings (SSSR count). The Bertz CT molecular complexity index is 815. The van der Waals surface area contributed by atoms with Crippen LogP contribution in [0.2, 0.25) is 0 Å². The second-order valence-corrected chi connectivity index (χ2v) is 6.15. The molecule has 4 nitrogen and oxygen atoms in total. The molecule has 0 radical (unpaired) electrons. The molecule has 0 aliphatic heterocycles. The molecule has 0 aliphatic carbocycles. The number of hydrogen-bond donors (Lipinski definition) is 1. The van der Waals surface area contributed by atoms with Gasteiger partial charge in [0, 0.05) is 16.1 Å². The van der Waals surface area contributed by atoms with Gasteiger partial charge in [0.05, 0.1) is 24.2 Å². The Morgan fingerprint density at radius 3 is 2.48 bits per heavy atom. The first kappa shape index (κ1) is 14.4. The molecule has 1 heterocycles. The van der Waals surface area contributed by atoms with E-state index < -0.39 is 0 Å². The number of ether oxygens (including phenoxy) is 2. The summed E-state index contributed by atoms with van der Waals surface area (Å²) in [7, 11) is 3.29. The fourth-order valence-corrected chi connectivity index (χ4v) is 3.19. The molecule has 6 heteroatoms. The van der Waals surface area contributed by atoms with Crippen molar-refractivity contribution in [1.29, 1.82) is 0 Å². The maximum Gasteiger partial charge on any atom is 0.138 e. The molecule has 0 fully saturated rings. The van der Waals surface area contributed by atoms with E-state index in [0.717, 1.165) is 42.9 Å². The topological polar surface area (TPSA) is 47.1 Å². The molecule has 0 saturated heterocycles. The first-order chi connectivity index (χ1) is 10.1. The number of benzene rings is 2. The van der Waals surface area contributed by atoms with E-state index >= 15 is 0 Å². The Labute approximate surface area is 138 Å². The Morgan fingerprint density at radius 2 is 1.81 bits per heavy atom. The van der Waals surface area contributed by atoms with Crippen LogP contribution in [0.15, 0.2) is 39.3 Å². The van der Waals surface area contributed by atoms with E-state index in [1.807, 2.05) is 30.3 Å². The molecular formula is C15H12Br2N2O2. The lowest BCUT2D eigenvalue weighted by Gasteiger charge is -2.04. The van der Waals surface area contributed by atoms with E-state index in [-0.39, 0.29) is 0 Å². The number of fused-ring (bicyclic) bond motifs is 1. The van der Waals surface area contributed by atoms with Crippen LogP contribution < -0.4 is 9.47 Å². The van der Waals surface area contributed by atoms with Crippen LogP contribution in [-0.2, 0) is 0 Å². The molecule has 0 spiro atoms. The van der Waals surface area contributed by atoms with Crippen molar-refractivity contribution in [2.45, 2.75) is 0 Å². The average molecular weight is 412 g/mol. The summed E-state index contributed by atoms with van der Waals surface area (Å²) in [4.78, 5) is 7.94. The summed E-state index contributed by atoms with van der Waals surface area (Å²) in [6.45, 7) is 0. The van der Waals surface area contributed by atoms with Gasteiger partial charge in [0.2, 0.25) is 0 Å². The van der Waals surface area contributed by atoms with Crippen molar-refractivity contribution in [1.82, 2.24) is 9.97 Å². The number of methoxy groups -OCH3 is 2. The molecule has 0 atom stereocenters. The quantitative estimate of drug-likeness (QED) is 0.675. The summed E-state index contributed by atoms with van der Waals surface area (Å²) in [6.07, 6.45) is 0. The maximum absolute atomic E-state index is 5.27. The summed E-state index contributed by atoms with van der Waals surface area (Å²) in [5.74, 6) is 2.36. The van der Waals surface area contributed by atoms with Gasteiger partial charge in [-0.15, -0.1) is 0 Å². The monoisotopic (exact) mass is 410 g/mol. The third-order valence-corrected chi connectivity index (χ3v) is 4.40. The highest BCUT2D eigenvalue weighted by atomic mass is 79.9. The zero-order chi connectivity index (χ0) is 15.0. The minimum atomic E-state index is 0.778. The van der Waals surface area contributed by atoms with E-state index in [2.05, 4.69) is 41.8 Å². The normalized spacial score (nSPS) is 10.9. The van der Waals surface area contributed by atoms with Crippen molar-refractivity contribution in [2.24, 2.45) is 0 Å². The molecule has 1 N–H and O–H groups in total. The molecule has 21 heavy (non-hydrogen) atoms. The summed E-state index contributed by atoms with van der Waals surface area (Å²) >= 11 is 7.01. The van der Waals surface area contributed by atoms with E-state index in [1.54, 1.807) is 14.2 Å². The first-order valence-electron chi connectivity index (χ1n) is 6.19. The highest BCUT2D eigenvalue weighted by Crippen LogP contribution is 2.33. The Balaban J connectivity index is 2.12. The number of nitrogens with one attached hydrogen (secondary N) is 1. The number of hydrogen-bond acceptors (Lipinski definition) is 3. The highest BCUT2D eigenvalue weighted by Gasteiger charge is 2.11. The number of aromatic nitrogens is 2. The van der Waals surface area contributed by atoms with E-state index in [9.17, 15) is 0 Å². The highest BCUT2D eigenvalue weighted by molar-refractivity contribution is 9.11. The zero-order valence-corrected chi connectivity index (χ0v) is 14.6. The van der Waals surface area contributed by atoms with Gasteiger partial charge < -0.3 is 14.5 Å². The fraction of sp³-hybridized carbons (Fsp3) is 0.133. The number of rotatable bonds is 3. The van der Waals surface area contributed by atoms with Crippen molar-refractivity contribution >= 4 is 42.9 Å².